The van der Waals surface area contributed by atoms with E-state index in [0.29, 0.717) is 5.75 Å². The Hall–Kier alpha value is -2.36. The van der Waals surface area contributed by atoms with Crippen LogP contribution >= 0.6 is 0 Å². The van der Waals surface area contributed by atoms with E-state index in [2.05, 4.69) is 38.2 Å². The smallest absolute Gasteiger partial charge is 0.261 e. The zero-order valence-electron chi connectivity index (χ0n) is 15.5. The highest BCUT2D eigenvalue weighted by molar-refractivity contribution is 5.81. The van der Waals surface area contributed by atoms with Gasteiger partial charge in [0.1, 0.15) is 11.6 Å². The molecule has 2 atom stereocenters. The van der Waals surface area contributed by atoms with Gasteiger partial charge in [-0.3, -0.25) is 4.79 Å². The Labute approximate surface area is 149 Å². The highest BCUT2D eigenvalue weighted by Gasteiger charge is 2.19. The maximum Gasteiger partial charge on any atom is 0.261 e. The van der Waals surface area contributed by atoms with Crippen LogP contribution in [-0.2, 0) is 10.2 Å². The molecular formula is C21H26FNO2. The summed E-state index contributed by atoms with van der Waals surface area (Å²) in [6, 6.07) is 13.8. The van der Waals surface area contributed by atoms with Crippen LogP contribution < -0.4 is 10.1 Å². The molecule has 0 heterocycles. The van der Waals surface area contributed by atoms with Crippen LogP contribution in [0.1, 0.15) is 51.8 Å². The Bertz CT molecular complexity index is 702. The molecule has 0 saturated carbocycles. The van der Waals surface area contributed by atoms with E-state index in [4.69, 9.17) is 4.74 Å². The molecular weight excluding hydrogens is 317 g/mol. The Balaban J connectivity index is 1.95. The minimum Gasteiger partial charge on any atom is -0.481 e. The van der Waals surface area contributed by atoms with Crippen molar-refractivity contribution in [2.24, 2.45) is 0 Å². The molecule has 0 aliphatic carbocycles. The van der Waals surface area contributed by atoms with Gasteiger partial charge in [-0.25, -0.2) is 4.39 Å². The maximum atomic E-state index is 12.9. The van der Waals surface area contributed by atoms with E-state index in [9.17, 15) is 9.18 Å². The van der Waals surface area contributed by atoms with Gasteiger partial charge in [0.25, 0.3) is 5.91 Å². The molecule has 0 unspecified atom stereocenters. The second-order valence-corrected chi connectivity index (χ2v) is 7.32. The van der Waals surface area contributed by atoms with E-state index in [-0.39, 0.29) is 23.2 Å². The number of carbonyl (C=O) groups is 1. The van der Waals surface area contributed by atoms with Gasteiger partial charge in [0, 0.05) is 0 Å². The van der Waals surface area contributed by atoms with Gasteiger partial charge in [0.2, 0.25) is 0 Å². The topological polar surface area (TPSA) is 38.3 Å². The lowest BCUT2D eigenvalue weighted by Crippen LogP contribution is -2.37. The van der Waals surface area contributed by atoms with Crippen molar-refractivity contribution in [3.8, 4) is 5.75 Å². The molecule has 0 aromatic heterocycles. The second-order valence-electron chi connectivity index (χ2n) is 7.32. The van der Waals surface area contributed by atoms with E-state index in [1.54, 1.807) is 6.92 Å². The van der Waals surface area contributed by atoms with Crippen LogP contribution in [0.2, 0.25) is 0 Å². The molecule has 0 radical (unpaired) electrons. The predicted octanol–water partition coefficient (Wildman–Crippen LogP) is 4.77. The molecule has 4 heteroatoms. The lowest BCUT2D eigenvalue weighted by molar-refractivity contribution is -0.127. The molecule has 134 valence electrons. The number of nitrogens with one attached hydrogen (secondary N) is 1. The number of amides is 1. The highest BCUT2D eigenvalue weighted by Crippen LogP contribution is 2.24. The quantitative estimate of drug-likeness (QED) is 0.849. The third-order valence-electron chi connectivity index (χ3n) is 4.13. The van der Waals surface area contributed by atoms with Crippen molar-refractivity contribution < 1.29 is 13.9 Å². The molecule has 1 amide bonds. The van der Waals surface area contributed by atoms with Crippen molar-refractivity contribution in [3.63, 3.8) is 0 Å². The Morgan fingerprint density at radius 2 is 1.56 bits per heavy atom. The van der Waals surface area contributed by atoms with Gasteiger partial charge in [-0.05, 0) is 54.7 Å². The minimum absolute atomic E-state index is 0.0997. The molecule has 25 heavy (non-hydrogen) atoms. The molecule has 0 bridgehead atoms. The zero-order valence-corrected chi connectivity index (χ0v) is 15.5. The van der Waals surface area contributed by atoms with Gasteiger partial charge in [-0.1, -0.05) is 45.0 Å². The summed E-state index contributed by atoms with van der Waals surface area (Å²) in [7, 11) is 0. The average Bonchev–Trinajstić information content (AvgIpc) is 2.56. The molecule has 2 aromatic rings. The zero-order chi connectivity index (χ0) is 18.6. The molecule has 0 spiro atoms. The van der Waals surface area contributed by atoms with E-state index in [0.717, 1.165) is 5.56 Å². The van der Waals surface area contributed by atoms with Crippen molar-refractivity contribution in [1.29, 1.82) is 0 Å². The summed E-state index contributed by atoms with van der Waals surface area (Å²) in [5, 5.41) is 2.95. The van der Waals surface area contributed by atoms with Crippen molar-refractivity contribution in [1.82, 2.24) is 5.32 Å². The van der Waals surface area contributed by atoms with Crippen LogP contribution in [0.5, 0.6) is 5.75 Å². The number of carbonyl (C=O) groups excluding carboxylic acids is 1. The second kappa shape index (κ2) is 7.68. The number of hydrogen-bond donors (Lipinski definition) is 1. The summed E-state index contributed by atoms with van der Waals surface area (Å²) in [5.74, 6) is -0.0836. The first-order valence-electron chi connectivity index (χ1n) is 8.50. The van der Waals surface area contributed by atoms with Crippen molar-refractivity contribution in [3.05, 3.63) is 65.5 Å². The SMILES string of the molecule is C[C@H](Oc1ccc(F)cc1)C(=O)N[C@H](C)c1ccc(C(C)(C)C)cc1. The first-order valence-corrected chi connectivity index (χ1v) is 8.50. The van der Waals surface area contributed by atoms with E-state index >= 15 is 0 Å². The molecule has 2 rings (SSSR count). The molecule has 2 aromatic carbocycles. The first kappa shape index (κ1) is 19.0. The highest BCUT2D eigenvalue weighted by atomic mass is 19.1. The molecule has 0 aliphatic rings. The van der Waals surface area contributed by atoms with Gasteiger partial charge in [-0.15, -0.1) is 0 Å². The van der Waals surface area contributed by atoms with Gasteiger partial charge in [0.15, 0.2) is 6.10 Å². The largest absolute Gasteiger partial charge is 0.481 e. The van der Waals surface area contributed by atoms with Crippen LogP contribution in [0.15, 0.2) is 48.5 Å². The number of rotatable bonds is 5. The third-order valence-corrected chi connectivity index (χ3v) is 4.13. The minimum atomic E-state index is -0.665. The number of hydrogen-bond acceptors (Lipinski definition) is 2. The fourth-order valence-electron chi connectivity index (χ4n) is 2.46. The predicted molar refractivity (Wildman–Crippen MR) is 98.2 cm³/mol. The number of ether oxygens (including phenoxy) is 1. The lowest BCUT2D eigenvalue weighted by Gasteiger charge is -2.22. The monoisotopic (exact) mass is 343 g/mol. The first-order chi connectivity index (χ1) is 11.7. The van der Waals surface area contributed by atoms with Crippen LogP contribution in [0, 0.1) is 5.82 Å². The third kappa shape index (κ3) is 5.31. The van der Waals surface area contributed by atoms with Gasteiger partial charge >= 0.3 is 0 Å². The Morgan fingerprint density at radius 3 is 2.08 bits per heavy atom. The number of benzene rings is 2. The van der Waals surface area contributed by atoms with Crippen molar-refractivity contribution >= 4 is 5.91 Å². The molecule has 1 N–H and O–H groups in total. The summed E-state index contributed by atoms with van der Waals surface area (Å²) < 4.78 is 18.5. The van der Waals surface area contributed by atoms with Crippen LogP contribution in [0.3, 0.4) is 0 Å². The Morgan fingerprint density at radius 1 is 1.00 bits per heavy atom. The fraction of sp³-hybridized carbons (Fsp3) is 0.381. The van der Waals surface area contributed by atoms with E-state index < -0.39 is 6.10 Å². The average molecular weight is 343 g/mol. The Kier molecular flexibility index (Phi) is 5.83. The molecule has 0 aliphatic heterocycles. The summed E-state index contributed by atoms with van der Waals surface area (Å²) in [5.41, 5.74) is 2.39. The van der Waals surface area contributed by atoms with Crippen LogP contribution in [0.25, 0.3) is 0 Å². The normalized spacial score (nSPS) is 13.8. The van der Waals surface area contributed by atoms with Crippen LogP contribution in [0.4, 0.5) is 4.39 Å². The molecule has 0 saturated heterocycles. The van der Waals surface area contributed by atoms with E-state index in [1.807, 2.05) is 19.1 Å². The lowest BCUT2D eigenvalue weighted by atomic mass is 9.86. The summed E-state index contributed by atoms with van der Waals surface area (Å²) in [6.07, 6.45) is -0.665. The molecule has 3 nitrogen and oxygen atoms in total. The maximum absolute atomic E-state index is 12.9. The summed E-state index contributed by atoms with van der Waals surface area (Å²) in [4.78, 5) is 12.3. The summed E-state index contributed by atoms with van der Waals surface area (Å²) in [6.45, 7) is 10.1. The summed E-state index contributed by atoms with van der Waals surface area (Å²) >= 11 is 0. The van der Waals surface area contributed by atoms with Crippen molar-refractivity contribution in [2.45, 2.75) is 52.2 Å². The van der Waals surface area contributed by atoms with E-state index in [1.165, 1.54) is 29.8 Å². The van der Waals surface area contributed by atoms with Gasteiger partial charge in [0.05, 0.1) is 6.04 Å². The fourth-order valence-corrected chi connectivity index (χ4v) is 2.46. The van der Waals surface area contributed by atoms with Crippen molar-refractivity contribution in [2.75, 3.05) is 0 Å². The van der Waals surface area contributed by atoms with Gasteiger partial charge in [-0.2, -0.15) is 0 Å². The van der Waals surface area contributed by atoms with Gasteiger partial charge < -0.3 is 10.1 Å². The van der Waals surface area contributed by atoms with Crippen LogP contribution in [-0.4, -0.2) is 12.0 Å². The standard InChI is InChI=1S/C21H26FNO2/c1-14(16-6-8-17(9-7-16)21(3,4)5)23-20(24)15(2)25-19-12-10-18(22)11-13-19/h6-15H,1-5H3,(H,23,24)/t14-,15+/m1/s1. The molecule has 0 fully saturated rings. The number of halogens is 1.